The van der Waals surface area contributed by atoms with Gasteiger partial charge in [0.15, 0.2) is 11.5 Å². The Balaban J connectivity index is 1.35. The summed E-state index contributed by atoms with van der Waals surface area (Å²) in [5.74, 6) is 1.22. The van der Waals surface area contributed by atoms with Crippen LogP contribution in [0.15, 0.2) is 78.9 Å². The average Bonchev–Trinajstić information content (AvgIpc) is 3.32. The molecule has 0 aromatic heterocycles. The highest BCUT2D eigenvalue weighted by Crippen LogP contribution is 2.36. The standard InChI is InChI=1S/C27H24FNO4/c28-23-9-7-21(8-10-23)24-12-13-29(27(30)31-17-19-4-2-1-3-5-19)16-22(24)14-20-6-11-25-26(15-20)33-18-32-25/h1-12,15,22H,13-14,16-18H2. The number of ether oxygens (including phenoxy) is 3. The lowest BCUT2D eigenvalue weighted by atomic mass is 9.84. The number of halogens is 1. The molecule has 1 amide bonds. The number of hydrogen-bond acceptors (Lipinski definition) is 4. The van der Waals surface area contributed by atoms with Crippen LogP contribution in [-0.4, -0.2) is 30.9 Å². The zero-order valence-corrected chi connectivity index (χ0v) is 18.1. The number of carbonyl (C=O) groups is 1. The first-order valence-corrected chi connectivity index (χ1v) is 11.0. The van der Waals surface area contributed by atoms with Crippen molar-refractivity contribution in [3.63, 3.8) is 0 Å². The summed E-state index contributed by atoms with van der Waals surface area (Å²) in [6.45, 7) is 1.41. The molecule has 0 radical (unpaired) electrons. The van der Waals surface area contributed by atoms with Crippen LogP contribution in [0, 0.1) is 11.7 Å². The predicted molar refractivity (Wildman–Crippen MR) is 122 cm³/mol. The van der Waals surface area contributed by atoms with Crippen LogP contribution in [0.2, 0.25) is 0 Å². The number of carbonyl (C=O) groups excluding carboxylic acids is 1. The maximum absolute atomic E-state index is 13.5. The molecule has 33 heavy (non-hydrogen) atoms. The SMILES string of the molecule is O=C(OCc1ccccc1)N1CC=C(c2ccc(F)cc2)C(Cc2ccc3c(c2)OCO3)C1. The lowest BCUT2D eigenvalue weighted by molar-refractivity contribution is 0.0955. The van der Waals surface area contributed by atoms with E-state index in [4.69, 9.17) is 14.2 Å². The van der Waals surface area contributed by atoms with Crippen LogP contribution >= 0.6 is 0 Å². The van der Waals surface area contributed by atoms with Crippen molar-refractivity contribution < 1.29 is 23.4 Å². The zero-order valence-electron chi connectivity index (χ0n) is 18.1. The van der Waals surface area contributed by atoms with E-state index < -0.39 is 0 Å². The third-order valence-electron chi connectivity index (χ3n) is 5.97. The molecule has 0 aliphatic carbocycles. The molecule has 2 aliphatic heterocycles. The third kappa shape index (κ3) is 4.85. The van der Waals surface area contributed by atoms with Gasteiger partial charge in [0.1, 0.15) is 12.4 Å². The van der Waals surface area contributed by atoms with Crippen molar-refractivity contribution in [3.05, 3.63) is 101 Å². The van der Waals surface area contributed by atoms with E-state index in [9.17, 15) is 9.18 Å². The van der Waals surface area contributed by atoms with Crippen molar-refractivity contribution in [3.8, 4) is 11.5 Å². The monoisotopic (exact) mass is 445 g/mol. The van der Waals surface area contributed by atoms with Gasteiger partial charge in [-0.3, -0.25) is 0 Å². The van der Waals surface area contributed by atoms with Gasteiger partial charge in [0.25, 0.3) is 0 Å². The van der Waals surface area contributed by atoms with E-state index in [2.05, 4.69) is 0 Å². The van der Waals surface area contributed by atoms with Gasteiger partial charge in [-0.25, -0.2) is 9.18 Å². The van der Waals surface area contributed by atoms with Gasteiger partial charge in [0, 0.05) is 19.0 Å². The van der Waals surface area contributed by atoms with Crippen LogP contribution in [0.5, 0.6) is 11.5 Å². The summed E-state index contributed by atoms with van der Waals surface area (Å²) >= 11 is 0. The topological polar surface area (TPSA) is 48.0 Å². The second kappa shape index (κ2) is 9.36. The normalized spacial score (nSPS) is 16.9. The Labute approximate surface area is 192 Å². The number of hydrogen-bond donors (Lipinski definition) is 0. The van der Waals surface area contributed by atoms with Crippen molar-refractivity contribution in [1.82, 2.24) is 4.90 Å². The predicted octanol–water partition coefficient (Wildman–Crippen LogP) is 5.45. The molecule has 3 aromatic rings. The molecule has 5 rings (SSSR count). The van der Waals surface area contributed by atoms with Gasteiger partial charge in [-0.1, -0.05) is 54.6 Å². The van der Waals surface area contributed by atoms with E-state index >= 15 is 0 Å². The van der Waals surface area contributed by atoms with Gasteiger partial charge < -0.3 is 19.1 Å². The summed E-state index contributed by atoms with van der Waals surface area (Å²) in [6.07, 6.45) is 2.39. The minimum absolute atomic E-state index is 0.0221. The second-order valence-electron chi connectivity index (χ2n) is 8.20. The fourth-order valence-corrected chi connectivity index (χ4v) is 4.30. The third-order valence-corrected chi connectivity index (χ3v) is 5.97. The highest BCUT2D eigenvalue weighted by Gasteiger charge is 2.28. The van der Waals surface area contributed by atoms with E-state index in [1.54, 1.807) is 17.0 Å². The average molecular weight is 445 g/mol. The molecule has 3 aromatic carbocycles. The number of rotatable bonds is 5. The fraction of sp³-hybridized carbons (Fsp3) is 0.222. The molecule has 0 spiro atoms. The van der Waals surface area contributed by atoms with E-state index in [1.165, 1.54) is 12.1 Å². The first-order chi connectivity index (χ1) is 16.2. The van der Waals surface area contributed by atoms with Crippen molar-refractivity contribution in [1.29, 1.82) is 0 Å². The molecular formula is C27H24FNO4. The summed E-state index contributed by atoms with van der Waals surface area (Å²) in [4.78, 5) is 14.5. The maximum Gasteiger partial charge on any atom is 0.410 e. The maximum atomic E-state index is 13.5. The van der Waals surface area contributed by atoms with Crippen LogP contribution in [0.1, 0.15) is 16.7 Å². The van der Waals surface area contributed by atoms with Gasteiger partial charge >= 0.3 is 6.09 Å². The molecule has 2 aliphatic rings. The quantitative estimate of drug-likeness (QED) is 0.524. The van der Waals surface area contributed by atoms with Crippen molar-refractivity contribution in [2.45, 2.75) is 13.0 Å². The molecule has 0 N–H and O–H groups in total. The smallest absolute Gasteiger partial charge is 0.410 e. The summed E-state index contributed by atoms with van der Waals surface area (Å²) in [6, 6.07) is 22.0. The van der Waals surface area contributed by atoms with Crippen LogP contribution in [0.25, 0.3) is 5.57 Å². The van der Waals surface area contributed by atoms with Gasteiger partial charge in [-0.15, -0.1) is 0 Å². The molecular weight excluding hydrogens is 421 g/mol. The molecule has 5 nitrogen and oxygen atoms in total. The molecule has 6 heteroatoms. The first-order valence-electron chi connectivity index (χ1n) is 11.0. The van der Waals surface area contributed by atoms with Gasteiger partial charge in [0.05, 0.1) is 0 Å². The highest BCUT2D eigenvalue weighted by molar-refractivity contribution is 5.74. The van der Waals surface area contributed by atoms with Crippen LogP contribution in [0.4, 0.5) is 9.18 Å². The lowest BCUT2D eigenvalue weighted by Crippen LogP contribution is -2.40. The molecule has 0 fully saturated rings. The molecule has 0 saturated heterocycles. The zero-order chi connectivity index (χ0) is 22.6. The van der Waals surface area contributed by atoms with Gasteiger partial charge in [0.2, 0.25) is 6.79 Å². The second-order valence-corrected chi connectivity index (χ2v) is 8.20. The molecule has 1 unspecified atom stereocenters. The molecule has 1 atom stereocenters. The Kier molecular flexibility index (Phi) is 5.98. The van der Waals surface area contributed by atoms with E-state index in [0.717, 1.165) is 33.8 Å². The van der Waals surface area contributed by atoms with Crippen molar-refractivity contribution in [2.75, 3.05) is 19.9 Å². The Morgan fingerprint density at radius 2 is 1.76 bits per heavy atom. The minimum Gasteiger partial charge on any atom is -0.454 e. The van der Waals surface area contributed by atoms with Crippen molar-refractivity contribution in [2.24, 2.45) is 5.92 Å². The Hall–Kier alpha value is -3.80. The van der Waals surface area contributed by atoms with Crippen molar-refractivity contribution >= 4 is 11.7 Å². The van der Waals surface area contributed by atoms with Crippen LogP contribution in [-0.2, 0) is 17.8 Å². The number of nitrogens with zero attached hydrogens (tertiary/aromatic N) is 1. The van der Waals surface area contributed by atoms with Gasteiger partial charge in [-0.05, 0) is 52.9 Å². The van der Waals surface area contributed by atoms with E-state index in [0.29, 0.717) is 19.5 Å². The molecule has 0 saturated carbocycles. The molecule has 168 valence electrons. The number of fused-ring (bicyclic) bond motifs is 1. The van der Waals surface area contributed by atoms with E-state index in [-0.39, 0.29) is 31.2 Å². The molecule has 2 heterocycles. The fourth-order valence-electron chi connectivity index (χ4n) is 4.30. The Bertz CT molecular complexity index is 1160. The number of amides is 1. The van der Waals surface area contributed by atoms with Gasteiger partial charge in [-0.2, -0.15) is 0 Å². The summed E-state index contributed by atoms with van der Waals surface area (Å²) in [7, 11) is 0. The van der Waals surface area contributed by atoms with Crippen LogP contribution < -0.4 is 9.47 Å². The summed E-state index contributed by atoms with van der Waals surface area (Å²) < 4.78 is 30.0. The highest BCUT2D eigenvalue weighted by atomic mass is 19.1. The minimum atomic E-state index is -0.344. The number of benzene rings is 3. The summed E-state index contributed by atoms with van der Waals surface area (Å²) in [5.41, 5.74) is 4.08. The van der Waals surface area contributed by atoms with E-state index in [1.807, 2.05) is 54.6 Å². The largest absolute Gasteiger partial charge is 0.454 e. The lowest BCUT2D eigenvalue weighted by Gasteiger charge is -2.33. The molecule has 0 bridgehead atoms. The Morgan fingerprint density at radius 1 is 0.970 bits per heavy atom. The first kappa shape index (κ1) is 21.1. The Morgan fingerprint density at radius 3 is 2.58 bits per heavy atom. The summed E-state index contributed by atoms with van der Waals surface area (Å²) in [5, 5.41) is 0. The van der Waals surface area contributed by atoms with Crippen LogP contribution in [0.3, 0.4) is 0 Å².